The maximum absolute atomic E-state index is 12.3. The van der Waals surface area contributed by atoms with Crippen LogP contribution < -0.4 is 15.8 Å². The van der Waals surface area contributed by atoms with E-state index in [9.17, 15) is 4.79 Å². The number of nitrogens with two attached hydrogens (primary N) is 1. The molecular formula is C22H21N5O4. The van der Waals surface area contributed by atoms with Gasteiger partial charge in [0.15, 0.2) is 12.4 Å². The number of furan rings is 1. The fraction of sp³-hybridized carbons (Fsp3) is 0.182. The van der Waals surface area contributed by atoms with Crippen LogP contribution in [0.4, 0.5) is 17.6 Å². The largest absolute Gasteiger partial charge is 0.495 e. The highest BCUT2D eigenvalue weighted by molar-refractivity contribution is 5.86. The average molecular weight is 419 g/mol. The van der Waals surface area contributed by atoms with Crippen molar-refractivity contribution in [1.82, 2.24) is 15.0 Å². The molecule has 0 radical (unpaired) electrons. The Balaban J connectivity index is 1.42. The molecule has 0 atom stereocenters. The third-order valence-electron chi connectivity index (χ3n) is 4.56. The van der Waals surface area contributed by atoms with E-state index in [1.807, 2.05) is 43.3 Å². The molecule has 158 valence electrons. The molecule has 0 spiro atoms. The number of carbonyl (C=O) groups excluding carboxylic acids is 1. The number of fused-ring (bicyclic) bond motifs is 1. The maximum atomic E-state index is 12.3. The van der Waals surface area contributed by atoms with E-state index in [4.69, 9.17) is 19.6 Å². The number of aromatic nitrogens is 3. The summed E-state index contributed by atoms with van der Waals surface area (Å²) in [5.74, 6) is 0.651. The first-order valence-electron chi connectivity index (χ1n) is 9.54. The number of ether oxygens (including phenoxy) is 2. The lowest BCUT2D eigenvalue weighted by molar-refractivity contribution is -0.144. The number of nitrogens with zero attached hydrogens (tertiary/aromatic N) is 3. The molecule has 0 saturated carbocycles. The van der Waals surface area contributed by atoms with Gasteiger partial charge in [0.2, 0.25) is 11.9 Å². The van der Waals surface area contributed by atoms with E-state index >= 15 is 0 Å². The SMILES string of the molecule is COc1ccccc1Nc1nc(N)nc(COC(=O)Cc2coc3cc(C)ccc23)n1. The van der Waals surface area contributed by atoms with Gasteiger partial charge in [-0.15, -0.1) is 0 Å². The molecule has 9 nitrogen and oxygen atoms in total. The number of hydrogen-bond acceptors (Lipinski definition) is 9. The molecule has 31 heavy (non-hydrogen) atoms. The molecule has 4 aromatic rings. The van der Waals surface area contributed by atoms with E-state index in [0.717, 1.165) is 22.1 Å². The number of rotatable bonds is 7. The number of benzene rings is 2. The quantitative estimate of drug-likeness (QED) is 0.433. The number of nitrogens with one attached hydrogen (secondary N) is 1. The van der Waals surface area contributed by atoms with Crippen LogP contribution in [-0.2, 0) is 22.6 Å². The number of aryl methyl sites for hydroxylation is 1. The van der Waals surface area contributed by atoms with Crippen molar-refractivity contribution in [2.45, 2.75) is 20.0 Å². The van der Waals surface area contributed by atoms with Crippen LogP contribution in [0.15, 0.2) is 53.1 Å². The van der Waals surface area contributed by atoms with Crippen molar-refractivity contribution in [2.75, 3.05) is 18.2 Å². The van der Waals surface area contributed by atoms with Crippen LogP contribution in [-0.4, -0.2) is 28.0 Å². The molecule has 0 unspecified atom stereocenters. The van der Waals surface area contributed by atoms with Gasteiger partial charge in [0.05, 0.1) is 25.5 Å². The van der Waals surface area contributed by atoms with Crippen LogP contribution in [0.25, 0.3) is 11.0 Å². The molecule has 0 aliphatic carbocycles. The summed E-state index contributed by atoms with van der Waals surface area (Å²) in [6.45, 7) is 1.84. The Morgan fingerprint density at radius 1 is 1.16 bits per heavy atom. The minimum Gasteiger partial charge on any atom is -0.495 e. The summed E-state index contributed by atoms with van der Waals surface area (Å²) >= 11 is 0. The fourth-order valence-corrected chi connectivity index (χ4v) is 3.11. The van der Waals surface area contributed by atoms with Crippen LogP contribution in [0.5, 0.6) is 5.75 Å². The normalized spacial score (nSPS) is 10.8. The topological polar surface area (TPSA) is 125 Å². The van der Waals surface area contributed by atoms with Gasteiger partial charge >= 0.3 is 5.97 Å². The highest BCUT2D eigenvalue weighted by Crippen LogP contribution is 2.26. The van der Waals surface area contributed by atoms with Gasteiger partial charge in [-0.25, -0.2) is 0 Å². The third-order valence-corrected chi connectivity index (χ3v) is 4.56. The van der Waals surface area contributed by atoms with Gasteiger partial charge in [-0.05, 0) is 30.7 Å². The summed E-state index contributed by atoms with van der Waals surface area (Å²) in [6.07, 6.45) is 1.64. The molecule has 0 saturated heterocycles. The van der Waals surface area contributed by atoms with E-state index in [1.165, 1.54) is 0 Å². The number of carbonyl (C=O) groups is 1. The molecular weight excluding hydrogens is 398 g/mol. The zero-order valence-corrected chi connectivity index (χ0v) is 17.1. The second kappa shape index (κ2) is 8.70. The lowest BCUT2D eigenvalue weighted by Gasteiger charge is -2.10. The van der Waals surface area contributed by atoms with E-state index in [2.05, 4.69) is 20.3 Å². The average Bonchev–Trinajstić information content (AvgIpc) is 3.14. The van der Waals surface area contributed by atoms with Crippen molar-refractivity contribution in [3.8, 4) is 5.75 Å². The number of methoxy groups -OCH3 is 1. The Kier molecular flexibility index (Phi) is 5.65. The van der Waals surface area contributed by atoms with Gasteiger partial charge < -0.3 is 24.9 Å². The molecule has 3 N–H and O–H groups in total. The standard InChI is InChI=1S/C22H21N5O4/c1-13-7-8-15-14(11-30-18(15)9-13)10-20(28)31-12-19-25-21(23)27-22(26-19)24-16-5-3-4-6-17(16)29-2/h3-9,11H,10,12H2,1-2H3,(H3,23,24,25,26,27). The van der Waals surface area contributed by atoms with Crippen LogP contribution >= 0.6 is 0 Å². The van der Waals surface area contributed by atoms with Crippen molar-refractivity contribution in [2.24, 2.45) is 0 Å². The molecule has 0 aliphatic heterocycles. The van der Waals surface area contributed by atoms with Crippen molar-refractivity contribution in [3.63, 3.8) is 0 Å². The fourth-order valence-electron chi connectivity index (χ4n) is 3.11. The first kappa shape index (κ1) is 20.1. The van der Waals surface area contributed by atoms with Crippen LogP contribution in [0, 0.1) is 6.92 Å². The summed E-state index contributed by atoms with van der Waals surface area (Å²) in [6, 6.07) is 13.1. The Bertz CT molecular complexity index is 1240. The van der Waals surface area contributed by atoms with Gasteiger partial charge in [0.25, 0.3) is 0 Å². The van der Waals surface area contributed by atoms with E-state index in [-0.39, 0.29) is 30.7 Å². The predicted molar refractivity (Wildman–Crippen MR) is 115 cm³/mol. The minimum absolute atomic E-state index is 0.00893. The first-order valence-corrected chi connectivity index (χ1v) is 9.54. The molecule has 0 amide bonds. The number of nitrogen functional groups attached to an aromatic ring is 1. The third kappa shape index (κ3) is 4.72. The molecule has 0 bridgehead atoms. The van der Waals surface area contributed by atoms with Gasteiger partial charge in [-0.3, -0.25) is 4.79 Å². The van der Waals surface area contributed by atoms with E-state index < -0.39 is 5.97 Å². The van der Waals surface area contributed by atoms with Crippen molar-refractivity contribution in [1.29, 1.82) is 0 Å². The Labute approximate surface area is 178 Å². The van der Waals surface area contributed by atoms with E-state index in [1.54, 1.807) is 19.4 Å². The number of esters is 1. The van der Waals surface area contributed by atoms with Crippen LogP contribution in [0.1, 0.15) is 17.0 Å². The van der Waals surface area contributed by atoms with Gasteiger partial charge in [-0.1, -0.05) is 24.3 Å². The zero-order chi connectivity index (χ0) is 21.8. The Morgan fingerprint density at radius 2 is 2.00 bits per heavy atom. The first-order chi connectivity index (χ1) is 15.0. The lowest BCUT2D eigenvalue weighted by atomic mass is 10.1. The summed E-state index contributed by atoms with van der Waals surface area (Å²) < 4.78 is 16.2. The van der Waals surface area contributed by atoms with Crippen LogP contribution in [0.3, 0.4) is 0 Å². The summed E-state index contributed by atoms with van der Waals surface area (Å²) in [5.41, 5.74) is 9.03. The monoisotopic (exact) mass is 419 g/mol. The number of anilines is 3. The molecule has 9 heteroatoms. The Morgan fingerprint density at radius 3 is 2.84 bits per heavy atom. The molecule has 2 aromatic heterocycles. The summed E-state index contributed by atoms with van der Waals surface area (Å²) in [5, 5.41) is 3.92. The van der Waals surface area contributed by atoms with Crippen LogP contribution in [0.2, 0.25) is 0 Å². The zero-order valence-electron chi connectivity index (χ0n) is 17.1. The molecule has 2 aromatic carbocycles. The van der Waals surface area contributed by atoms with Crippen molar-refractivity contribution in [3.05, 3.63) is 65.7 Å². The maximum Gasteiger partial charge on any atom is 0.310 e. The smallest absolute Gasteiger partial charge is 0.310 e. The van der Waals surface area contributed by atoms with E-state index in [0.29, 0.717) is 11.4 Å². The summed E-state index contributed by atoms with van der Waals surface area (Å²) in [7, 11) is 1.57. The molecule has 0 aliphatic rings. The van der Waals surface area contributed by atoms with Crippen molar-refractivity contribution >= 4 is 34.5 Å². The molecule has 0 fully saturated rings. The Hall–Kier alpha value is -4.14. The number of para-hydroxylation sites is 2. The minimum atomic E-state index is -0.429. The van der Waals surface area contributed by atoms with Gasteiger partial charge in [-0.2, -0.15) is 15.0 Å². The molecule has 2 heterocycles. The van der Waals surface area contributed by atoms with Gasteiger partial charge in [0, 0.05) is 10.9 Å². The lowest BCUT2D eigenvalue weighted by Crippen LogP contribution is -2.12. The van der Waals surface area contributed by atoms with Gasteiger partial charge in [0.1, 0.15) is 11.3 Å². The predicted octanol–water partition coefficient (Wildman–Crippen LogP) is 3.55. The second-order valence-corrected chi connectivity index (χ2v) is 6.86. The highest BCUT2D eigenvalue weighted by atomic mass is 16.5. The van der Waals surface area contributed by atoms with Crippen molar-refractivity contribution < 1.29 is 18.7 Å². The second-order valence-electron chi connectivity index (χ2n) is 6.86. The highest BCUT2D eigenvalue weighted by Gasteiger charge is 2.14. The molecule has 4 rings (SSSR count). The number of hydrogen-bond donors (Lipinski definition) is 2. The summed E-state index contributed by atoms with van der Waals surface area (Å²) in [4.78, 5) is 24.7.